The average molecular weight is 201 g/mol. The zero-order valence-corrected chi connectivity index (χ0v) is 8.34. The lowest BCUT2D eigenvalue weighted by molar-refractivity contribution is 0.876. The smallest absolute Gasteiger partial charge is 0.252 e. The van der Waals surface area contributed by atoms with E-state index in [1.165, 1.54) is 4.57 Å². The molecule has 0 aliphatic carbocycles. The molecule has 0 aromatic carbocycles. The highest BCUT2D eigenvalue weighted by molar-refractivity contribution is 5.64. The van der Waals surface area contributed by atoms with Crippen LogP contribution in [0.1, 0.15) is 0 Å². The number of aromatic nitrogens is 2. The lowest BCUT2D eigenvalue weighted by Gasteiger charge is -2.05. The molecular weight excluding hydrogens is 190 g/mol. The standard InChI is InChI=1S/C11H11N3O/c1-14-10(12)5-9(6-11(14)15)8-3-2-4-13-7-8/h2-7H,12H2,1H3. The number of pyridine rings is 2. The summed E-state index contributed by atoms with van der Waals surface area (Å²) in [6.45, 7) is 0. The van der Waals surface area contributed by atoms with Crippen LogP contribution in [0.25, 0.3) is 11.1 Å². The molecule has 4 heteroatoms. The Kier molecular flexibility index (Phi) is 2.25. The van der Waals surface area contributed by atoms with Crippen LogP contribution in [-0.2, 0) is 7.05 Å². The van der Waals surface area contributed by atoms with Crippen molar-refractivity contribution in [1.82, 2.24) is 9.55 Å². The van der Waals surface area contributed by atoms with E-state index in [0.717, 1.165) is 11.1 Å². The maximum Gasteiger partial charge on any atom is 0.252 e. The summed E-state index contributed by atoms with van der Waals surface area (Å²) in [5.41, 5.74) is 7.27. The molecule has 0 amide bonds. The molecule has 0 unspecified atom stereocenters. The number of nitrogen functional groups attached to an aromatic ring is 1. The van der Waals surface area contributed by atoms with E-state index in [4.69, 9.17) is 5.73 Å². The molecule has 0 atom stereocenters. The molecule has 0 saturated heterocycles. The maximum absolute atomic E-state index is 11.5. The van der Waals surface area contributed by atoms with Crippen LogP contribution in [0.5, 0.6) is 0 Å². The van der Waals surface area contributed by atoms with Gasteiger partial charge in [-0.15, -0.1) is 0 Å². The van der Waals surface area contributed by atoms with E-state index in [0.29, 0.717) is 5.82 Å². The fourth-order valence-corrected chi connectivity index (χ4v) is 1.36. The van der Waals surface area contributed by atoms with Gasteiger partial charge in [0.2, 0.25) is 0 Å². The fraction of sp³-hybridized carbons (Fsp3) is 0.0909. The third-order valence-electron chi connectivity index (χ3n) is 2.30. The Morgan fingerprint density at radius 2 is 2.13 bits per heavy atom. The summed E-state index contributed by atoms with van der Waals surface area (Å²) in [6, 6.07) is 7.02. The van der Waals surface area contributed by atoms with Gasteiger partial charge in [0.1, 0.15) is 5.82 Å². The summed E-state index contributed by atoms with van der Waals surface area (Å²) >= 11 is 0. The Morgan fingerprint density at radius 3 is 2.73 bits per heavy atom. The molecule has 0 saturated carbocycles. The molecule has 2 aromatic rings. The molecule has 0 aliphatic rings. The Balaban J connectivity index is 2.61. The molecule has 2 heterocycles. The summed E-state index contributed by atoms with van der Waals surface area (Å²) in [6.07, 6.45) is 3.39. The summed E-state index contributed by atoms with van der Waals surface area (Å²) in [4.78, 5) is 15.5. The largest absolute Gasteiger partial charge is 0.385 e. The Morgan fingerprint density at radius 1 is 1.33 bits per heavy atom. The van der Waals surface area contributed by atoms with Crippen molar-refractivity contribution in [3.8, 4) is 11.1 Å². The number of hydrogen-bond acceptors (Lipinski definition) is 3. The Hall–Kier alpha value is -2.10. The van der Waals surface area contributed by atoms with Crippen LogP contribution in [0.2, 0.25) is 0 Å². The number of anilines is 1. The minimum absolute atomic E-state index is 0.117. The van der Waals surface area contributed by atoms with Crippen molar-refractivity contribution >= 4 is 5.82 Å². The zero-order chi connectivity index (χ0) is 10.8. The normalized spacial score (nSPS) is 10.2. The lowest BCUT2D eigenvalue weighted by atomic mass is 10.1. The van der Waals surface area contributed by atoms with Crippen LogP contribution < -0.4 is 11.3 Å². The summed E-state index contributed by atoms with van der Waals surface area (Å²) in [5, 5.41) is 0. The van der Waals surface area contributed by atoms with Gasteiger partial charge in [0.05, 0.1) is 0 Å². The second-order valence-electron chi connectivity index (χ2n) is 3.31. The van der Waals surface area contributed by atoms with Gasteiger partial charge < -0.3 is 5.73 Å². The highest BCUT2D eigenvalue weighted by atomic mass is 16.1. The summed E-state index contributed by atoms with van der Waals surface area (Å²) in [7, 11) is 1.64. The third-order valence-corrected chi connectivity index (χ3v) is 2.30. The molecule has 15 heavy (non-hydrogen) atoms. The predicted molar refractivity (Wildman–Crippen MR) is 59.3 cm³/mol. The van der Waals surface area contributed by atoms with E-state index in [1.54, 1.807) is 31.6 Å². The fourth-order valence-electron chi connectivity index (χ4n) is 1.36. The summed E-state index contributed by atoms with van der Waals surface area (Å²) < 4.78 is 1.40. The van der Waals surface area contributed by atoms with E-state index in [-0.39, 0.29) is 5.56 Å². The molecule has 2 N–H and O–H groups in total. The van der Waals surface area contributed by atoms with Crippen LogP contribution in [0.15, 0.2) is 41.5 Å². The van der Waals surface area contributed by atoms with Gasteiger partial charge in [-0.25, -0.2) is 0 Å². The molecule has 0 fully saturated rings. The number of nitrogens with two attached hydrogens (primary N) is 1. The highest BCUT2D eigenvalue weighted by Crippen LogP contribution is 2.17. The van der Waals surface area contributed by atoms with Crippen LogP contribution in [0.4, 0.5) is 5.82 Å². The van der Waals surface area contributed by atoms with Crippen molar-refractivity contribution in [2.45, 2.75) is 0 Å². The number of rotatable bonds is 1. The molecule has 2 aromatic heterocycles. The third kappa shape index (κ3) is 1.74. The highest BCUT2D eigenvalue weighted by Gasteiger charge is 2.02. The number of hydrogen-bond donors (Lipinski definition) is 1. The molecule has 0 aliphatic heterocycles. The van der Waals surface area contributed by atoms with Gasteiger partial charge in [0, 0.05) is 31.1 Å². The quantitative estimate of drug-likeness (QED) is 0.749. The Labute approximate surface area is 87.0 Å². The Bertz CT molecular complexity index is 531. The molecular formula is C11H11N3O. The van der Waals surface area contributed by atoms with Crippen molar-refractivity contribution in [3.05, 3.63) is 47.0 Å². The first kappa shape index (κ1) is 9.45. The van der Waals surface area contributed by atoms with Crippen LogP contribution in [0, 0.1) is 0 Å². The molecule has 0 bridgehead atoms. The summed E-state index contributed by atoms with van der Waals surface area (Å²) in [5.74, 6) is 0.446. The van der Waals surface area contributed by atoms with Crippen molar-refractivity contribution in [1.29, 1.82) is 0 Å². The van der Waals surface area contributed by atoms with E-state index in [9.17, 15) is 4.79 Å². The van der Waals surface area contributed by atoms with Gasteiger partial charge >= 0.3 is 0 Å². The first-order chi connectivity index (χ1) is 7.18. The minimum Gasteiger partial charge on any atom is -0.385 e. The first-order valence-corrected chi connectivity index (χ1v) is 4.55. The van der Waals surface area contributed by atoms with Crippen molar-refractivity contribution in [2.24, 2.45) is 7.05 Å². The van der Waals surface area contributed by atoms with Crippen molar-refractivity contribution in [3.63, 3.8) is 0 Å². The average Bonchev–Trinajstić information content (AvgIpc) is 2.26. The SMILES string of the molecule is Cn1c(N)cc(-c2cccnc2)cc1=O. The van der Waals surface area contributed by atoms with Gasteiger partial charge in [-0.05, 0) is 17.7 Å². The lowest BCUT2D eigenvalue weighted by Crippen LogP contribution is -2.18. The first-order valence-electron chi connectivity index (χ1n) is 4.55. The second kappa shape index (κ2) is 3.57. The van der Waals surface area contributed by atoms with Crippen LogP contribution in [0.3, 0.4) is 0 Å². The minimum atomic E-state index is -0.117. The van der Waals surface area contributed by atoms with E-state index in [1.807, 2.05) is 12.1 Å². The molecule has 0 spiro atoms. The van der Waals surface area contributed by atoms with Crippen LogP contribution in [-0.4, -0.2) is 9.55 Å². The van der Waals surface area contributed by atoms with Gasteiger partial charge in [0.15, 0.2) is 0 Å². The number of nitrogens with zero attached hydrogens (tertiary/aromatic N) is 2. The van der Waals surface area contributed by atoms with Gasteiger partial charge in [0.25, 0.3) is 5.56 Å². The van der Waals surface area contributed by atoms with Crippen molar-refractivity contribution in [2.75, 3.05) is 5.73 Å². The van der Waals surface area contributed by atoms with E-state index in [2.05, 4.69) is 4.98 Å². The van der Waals surface area contributed by atoms with Crippen molar-refractivity contribution < 1.29 is 0 Å². The van der Waals surface area contributed by atoms with Gasteiger partial charge in [-0.2, -0.15) is 0 Å². The van der Waals surface area contributed by atoms with Gasteiger partial charge in [-0.1, -0.05) is 6.07 Å². The van der Waals surface area contributed by atoms with E-state index >= 15 is 0 Å². The van der Waals surface area contributed by atoms with Crippen LogP contribution >= 0.6 is 0 Å². The maximum atomic E-state index is 11.5. The molecule has 2 rings (SSSR count). The predicted octanol–water partition coefficient (Wildman–Crippen LogP) is 1.03. The molecule has 76 valence electrons. The monoisotopic (exact) mass is 201 g/mol. The molecule has 0 radical (unpaired) electrons. The molecule has 4 nitrogen and oxygen atoms in total. The van der Waals surface area contributed by atoms with E-state index < -0.39 is 0 Å². The van der Waals surface area contributed by atoms with Gasteiger partial charge in [-0.3, -0.25) is 14.3 Å². The second-order valence-corrected chi connectivity index (χ2v) is 3.31. The topological polar surface area (TPSA) is 60.9 Å². The zero-order valence-electron chi connectivity index (χ0n) is 8.34.